The highest BCUT2D eigenvalue weighted by atomic mass is 19.4. The van der Waals surface area contributed by atoms with Gasteiger partial charge >= 0.3 is 18.2 Å². The van der Waals surface area contributed by atoms with Crippen molar-refractivity contribution in [3.05, 3.63) is 57.6 Å². The normalized spacial score (nSPS) is 27.6. The molecule has 242 valence electrons. The highest BCUT2D eigenvalue weighted by molar-refractivity contribution is 6.30. The molecule has 2 amide bonds. The zero-order chi connectivity index (χ0) is 33.0. The number of nitrogens with two attached hydrogens (primary N) is 1. The van der Waals surface area contributed by atoms with E-state index in [1.807, 2.05) is 5.32 Å². The van der Waals surface area contributed by atoms with Crippen molar-refractivity contribution < 1.29 is 66.6 Å². The molecule has 6 N–H and O–H groups in total. The molecule has 1 saturated heterocycles. The molecule has 5 rings (SSSR count). The Morgan fingerprint density at radius 3 is 2.27 bits per heavy atom. The smallest absolute Gasteiger partial charge is 0.471 e. The minimum atomic E-state index is -5.19. The van der Waals surface area contributed by atoms with Crippen LogP contribution in [0.4, 0.5) is 18.0 Å². The van der Waals surface area contributed by atoms with Crippen molar-refractivity contribution in [2.45, 2.75) is 68.6 Å². The minimum absolute atomic E-state index is 0.0233. The second-order valence-corrected chi connectivity index (χ2v) is 11.2. The Morgan fingerprint density at radius 2 is 1.71 bits per heavy atom. The molecule has 0 aromatic heterocycles. The molecule has 3 aliphatic rings. The number of phenolic OH excluding ortho intramolecular Hbond substituents is 2. The summed E-state index contributed by atoms with van der Waals surface area (Å²) in [5.41, 5.74) is 1.60. The fourth-order valence-corrected chi connectivity index (χ4v) is 6.25. The number of aromatic hydroxyl groups is 2. The molecular weight excluding hydrogens is 609 g/mol. The standard InChI is InChI=1S/C29H29F3N2O11/c1-11-25(42-2)15(34-26(39)29(30,31)32)7-17(44-11)45-16-9-28(41,10-43-27(33)40)8-14-18(16)24(38)20-19(23(14)37)21(35)12-5-3-4-6-13(12)22(20)36/h3-6,11,15-17,25,37-38,41H,7-10H2,1-2H3,(H2,33,40)(H,34,39)/t11-,15-,16-,17-,25+,28-/m0/s1. The summed E-state index contributed by atoms with van der Waals surface area (Å²) in [7, 11) is 1.22. The number of hydrogen-bond donors (Lipinski definition) is 5. The highest BCUT2D eigenvalue weighted by Crippen LogP contribution is 2.52. The summed E-state index contributed by atoms with van der Waals surface area (Å²) < 4.78 is 61.1. The number of hydrogen-bond acceptors (Lipinski definition) is 11. The number of halogens is 3. The van der Waals surface area contributed by atoms with Gasteiger partial charge < -0.3 is 45.3 Å². The summed E-state index contributed by atoms with van der Waals surface area (Å²) in [4.78, 5) is 50.1. The molecule has 16 heteroatoms. The molecule has 45 heavy (non-hydrogen) atoms. The van der Waals surface area contributed by atoms with E-state index in [2.05, 4.69) is 0 Å². The van der Waals surface area contributed by atoms with Crippen molar-refractivity contribution in [1.82, 2.24) is 5.32 Å². The van der Waals surface area contributed by atoms with E-state index in [0.29, 0.717) is 0 Å². The first kappa shape index (κ1) is 32.2. The van der Waals surface area contributed by atoms with Crippen LogP contribution in [0, 0.1) is 0 Å². The molecule has 1 fully saturated rings. The number of rotatable bonds is 6. The van der Waals surface area contributed by atoms with E-state index in [9.17, 15) is 47.7 Å². The lowest BCUT2D eigenvalue weighted by atomic mass is 9.73. The predicted octanol–water partition coefficient (Wildman–Crippen LogP) is 1.90. The third-order valence-corrected chi connectivity index (χ3v) is 8.17. The summed E-state index contributed by atoms with van der Waals surface area (Å²) in [5, 5.41) is 36.2. The predicted molar refractivity (Wildman–Crippen MR) is 143 cm³/mol. The van der Waals surface area contributed by atoms with Gasteiger partial charge in [-0.05, 0) is 6.92 Å². The average molecular weight is 639 g/mol. The molecule has 0 spiro atoms. The van der Waals surface area contributed by atoms with Crippen LogP contribution in [-0.2, 0) is 30.2 Å². The van der Waals surface area contributed by atoms with Crippen molar-refractivity contribution >= 4 is 23.6 Å². The highest BCUT2D eigenvalue weighted by Gasteiger charge is 2.49. The number of primary amides is 1. The van der Waals surface area contributed by atoms with E-state index < -0.39 is 114 Å². The molecule has 1 heterocycles. The molecule has 6 atom stereocenters. The third-order valence-electron chi connectivity index (χ3n) is 8.17. The summed E-state index contributed by atoms with van der Waals surface area (Å²) >= 11 is 0. The van der Waals surface area contributed by atoms with E-state index in [-0.39, 0.29) is 22.3 Å². The first-order valence-corrected chi connectivity index (χ1v) is 13.7. The number of amides is 2. The second kappa shape index (κ2) is 11.6. The zero-order valence-corrected chi connectivity index (χ0v) is 23.8. The van der Waals surface area contributed by atoms with Crippen LogP contribution >= 0.6 is 0 Å². The van der Waals surface area contributed by atoms with Gasteiger partial charge in [0.05, 0.1) is 29.4 Å². The monoisotopic (exact) mass is 638 g/mol. The van der Waals surface area contributed by atoms with Crippen molar-refractivity contribution in [2.24, 2.45) is 5.73 Å². The van der Waals surface area contributed by atoms with Gasteiger partial charge in [0, 0.05) is 48.6 Å². The van der Waals surface area contributed by atoms with Crippen LogP contribution in [0.3, 0.4) is 0 Å². The number of aliphatic hydroxyl groups is 1. The van der Waals surface area contributed by atoms with E-state index >= 15 is 0 Å². The van der Waals surface area contributed by atoms with E-state index in [1.54, 1.807) is 0 Å². The maximum absolute atomic E-state index is 13.5. The molecule has 0 unspecified atom stereocenters. The number of fused-ring (bicyclic) bond motifs is 3. The number of methoxy groups -OCH3 is 1. The third kappa shape index (κ3) is 5.81. The number of ketones is 2. The maximum Gasteiger partial charge on any atom is 0.471 e. The molecule has 2 aromatic rings. The van der Waals surface area contributed by atoms with E-state index in [4.69, 9.17) is 24.7 Å². The van der Waals surface area contributed by atoms with Crippen LogP contribution < -0.4 is 11.1 Å². The van der Waals surface area contributed by atoms with Gasteiger partial charge in [0.2, 0.25) is 0 Å². The Morgan fingerprint density at radius 1 is 1.11 bits per heavy atom. The average Bonchev–Trinajstić information content (AvgIpc) is 2.96. The molecule has 1 aliphatic heterocycles. The number of benzene rings is 2. The van der Waals surface area contributed by atoms with Crippen LogP contribution in [0.1, 0.15) is 68.8 Å². The van der Waals surface area contributed by atoms with Crippen molar-refractivity contribution in [2.75, 3.05) is 13.7 Å². The van der Waals surface area contributed by atoms with Crippen LogP contribution in [0.2, 0.25) is 0 Å². The van der Waals surface area contributed by atoms with Crippen LogP contribution in [0.5, 0.6) is 11.5 Å². The number of ether oxygens (including phenoxy) is 4. The molecule has 0 saturated carbocycles. The fourth-order valence-electron chi connectivity index (χ4n) is 6.25. The van der Waals surface area contributed by atoms with Gasteiger partial charge in [-0.15, -0.1) is 0 Å². The summed E-state index contributed by atoms with van der Waals surface area (Å²) in [6.45, 7) is 0.746. The molecule has 13 nitrogen and oxygen atoms in total. The zero-order valence-electron chi connectivity index (χ0n) is 23.8. The maximum atomic E-state index is 13.5. The van der Waals surface area contributed by atoms with E-state index in [1.165, 1.54) is 38.3 Å². The first-order chi connectivity index (χ1) is 21.1. The quantitative estimate of drug-likeness (QED) is 0.247. The molecule has 0 radical (unpaired) electrons. The SMILES string of the molecule is CO[C@H]1[C@@H](NC(=O)C(F)(F)F)C[C@H](O[C@H]2C[C@](O)(COC(N)=O)Cc3c(O)c4c(c(O)c32)C(=O)c2ccccc2C4=O)O[C@H]1C. The molecule has 2 aliphatic carbocycles. The van der Waals surface area contributed by atoms with Crippen molar-refractivity contribution in [1.29, 1.82) is 0 Å². The van der Waals surface area contributed by atoms with Crippen LogP contribution in [0.15, 0.2) is 24.3 Å². The Hall–Kier alpha value is -4.25. The van der Waals surface area contributed by atoms with Crippen molar-refractivity contribution in [3.63, 3.8) is 0 Å². The summed E-state index contributed by atoms with van der Waals surface area (Å²) in [6.07, 6.45) is -12.6. The number of carbonyl (C=O) groups excluding carboxylic acids is 4. The minimum Gasteiger partial charge on any atom is -0.507 e. The summed E-state index contributed by atoms with van der Waals surface area (Å²) in [5.74, 6) is -5.22. The van der Waals surface area contributed by atoms with Crippen molar-refractivity contribution in [3.8, 4) is 11.5 Å². The van der Waals surface area contributed by atoms with Gasteiger partial charge in [-0.3, -0.25) is 14.4 Å². The number of alkyl halides is 3. The second-order valence-electron chi connectivity index (χ2n) is 11.2. The Kier molecular flexibility index (Phi) is 8.28. The largest absolute Gasteiger partial charge is 0.507 e. The molecule has 0 bridgehead atoms. The Bertz CT molecular complexity index is 1580. The van der Waals surface area contributed by atoms with Gasteiger partial charge in [0.15, 0.2) is 17.9 Å². The van der Waals surface area contributed by atoms with Gasteiger partial charge in [-0.2, -0.15) is 13.2 Å². The van der Waals surface area contributed by atoms with Gasteiger partial charge in [0.1, 0.15) is 29.8 Å². The number of phenols is 2. The lowest BCUT2D eigenvalue weighted by Crippen LogP contribution is -2.58. The topological polar surface area (TPSA) is 204 Å². The summed E-state index contributed by atoms with van der Waals surface area (Å²) in [6, 6.07) is 4.51. The lowest BCUT2D eigenvalue weighted by molar-refractivity contribution is -0.255. The first-order valence-electron chi connectivity index (χ1n) is 13.7. The van der Waals surface area contributed by atoms with E-state index in [0.717, 1.165) is 0 Å². The van der Waals surface area contributed by atoms with Crippen LogP contribution in [0.25, 0.3) is 0 Å². The van der Waals surface area contributed by atoms with Gasteiger partial charge in [0.25, 0.3) is 0 Å². The fraction of sp³-hybridized carbons (Fsp3) is 0.448. The Labute approximate surface area is 253 Å². The lowest BCUT2D eigenvalue weighted by Gasteiger charge is -2.43. The van der Waals surface area contributed by atoms with Gasteiger partial charge in [-0.25, -0.2) is 4.79 Å². The number of nitrogens with one attached hydrogen (secondary N) is 1. The van der Waals surface area contributed by atoms with Gasteiger partial charge in [-0.1, -0.05) is 24.3 Å². The Balaban J connectivity index is 1.57. The van der Waals surface area contributed by atoms with Crippen LogP contribution in [-0.4, -0.2) is 88.9 Å². The number of carbonyl (C=O) groups is 4. The molecular formula is C29H29F3N2O11. The molecule has 2 aromatic carbocycles.